The largest absolute Gasteiger partial charge is 0.469 e. The monoisotopic (exact) mass is 364 g/mol. The van der Waals surface area contributed by atoms with Crippen LogP contribution in [0.3, 0.4) is 0 Å². The molecule has 0 aliphatic heterocycles. The molecule has 17 heteroatoms. The predicted octanol–water partition coefficient (Wildman–Crippen LogP) is -2.10. The Labute approximate surface area is 105 Å². The molecule has 0 heterocycles. The van der Waals surface area contributed by atoms with Gasteiger partial charge in [-0.3, -0.25) is 9.13 Å². The predicted molar refractivity (Wildman–Crippen MR) is 60.9 cm³/mol. The maximum atomic E-state index is 10.8. The number of hydrogen-bond donors (Lipinski definition) is 9. The van der Waals surface area contributed by atoms with Crippen LogP contribution in [0.5, 0.6) is 0 Å². The number of nitrogens with zero attached hydrogens (tertiary/aromatic N) is 1. The van der Waals surface area contributed by atoms with Crippen molar-refractivity contribution >= 4 is 35.9 Å². The molecule has 114 valence electrons. The summed E-state index contributed by atoms with van der Waals surface area (Å²) in [5, 5.41) is -2.21. The zero-order valence-electron chi connectivity index (χ0n) is 8.56. The fraction of sp³-hybridized carbons (Fsp3) is 0.500. The van der Waals surface area contributed by atoms with Gasteiger partial charge in [-0.15, -0.1) is 0 Å². The van der Waals surface area contributed by atoms with E-state index >= 15 is 0 Å². The third-order valence-electron chi connectivity index (χ3n) is 1.36. The third kappa shape index (κ3) is 6.16. The molecule has 0 aliphatic carbocycles. The Morgan fingerprint density at radius 3 is 1.32 bits per heavy atom. The summed E-state index contributed by atoms with van der Waals surface area (Å²) in [6.45, 7) is 0. The van der Waals surface area contributed by atoms with Crippen LogP contribution in [-0.2, 0) is 13.7 Å². The summed E-state index contributed by atoms with van der Waals surface area (Å²) in [4.78, 5) is 80.1. The quantitative estimate of drug-likeness (QED) is 0.188. The lowest BCUT2D eigenvalue weighted by Crippen LogP contribution is -2.13. The standard InChI is InChI=1S/C2H9NO12P4/c4-16(5,6)1(17(7,8)9)3-2(18(10,11)12)19(13,14)15/h1,10-12H,(H5-,4,5,6,7,8,9,13,14,15)/p+1. The first kappa shape index (κ1) is 19.4. The van der Waals surface area contributed by atoms with Crippen LogP contribution in [0.2, 0.25) is 0 Å². The molecular weight excluding hydrogens is 354 g/mol. The van der Waals surface area contributed by atoms with Crippen molar-refractivity contribution in [3.8, 4) is 0 Å². The Kier molecular flexibility index (Phi) is 5.80. The van der Waals surface area contributed by atoms with Gasteiger partial charge in [0, 0.05) is 0 Å². The van der Waals surface area contributed by atoms with Crippen molar-refractivity contribution < 1.29 is 57.7 Å². The molecule has 0 saturated carbocycles. The highest BCUT2D eigenvalue weighted by molar-refractivity contribution is 8.00. The van der Waals surface area contributed by atoms with Gasteiger partial charge in [0.25, 0.3) is 5.52 Å². The fourth-order valence-electron chi connectivity index (χ4n) is 0.777. The lowest BCUT2D eigenvalue weighted by molar-refractivity contribution is 0.340. The molecule has 0 saturated heterocycles. The maximum absolute atomic E-state index is 10.8. The van der Waals surface area contributed by atoms with E-state index in [1.807, 2.05) is 0 Å². The molecule has 13 nitrogen and oxygen atoms in total. The minimum Gasteiger partial charge on any atom is -0.322 e. The van der Waals surface area contributed by atoms with E-state index in [1.54, 1.807) is 0 Å². The number of rotatable bonds is 5. The maximum Gasteiger partial charge on any atom is 0.469 e. The summed E-state index contributed by atoms with van der Waals surface area (Å²) in [7, 11) is -22.7. The van der Waals surface area contributed by atoms with E-state index in [4.69, 9.17) is 44.0 Å². The van der Waals surface area contributed by atoms with Crippen molar-refractivity contribution in [1.82, 2.24) is 0 Å². The average molecular weight is 364 g/mol. The summed E-state index contributed by atoms with van der Waals surface area (Å²) >= 11 is 0. The highest BCUT2D eigenvalue weighted by atomic mass is 31.3. The van der Waals surface area contributed by atoms with Crippen LogP contribution in [0, 0.1) is 0 Å². The summed E-state index contributed by atoms with van der Waals surface area (Å²) < 4.78 is 32.3. The minimum absolute atomic E-state index is 2.21. The van der Waals surface area contributed by atoms with Crippen molar-refractivity contribution in [3.05, 3.63) is 0 Å². The Balaban J connectivity index is 6.14. The van der Waals surface area contributed by atoms with Crippen molar-refractivity contribution in [3.63, 3.8) is 0 Å². The van der Waals surface area contributed by atoms with Gasteiger partial charge in [-0.1, -0.05) is 0 Å². The second-order valence-corrected chi connectivity index (χ2v) is 10.2. The van der Waals surface area contributed by atoms with Gasteiger partial charge >= 0.3 is 35.9 Å². The summed E-state index contributed by atoms with van der Waals surface area (Å²) in [6.07, 6.45) is 0. The van der Waals surface area contributed by atoms with Gasteiger partial charge in [-0.25, -0.2) is 9.56 Å². The first-order chi connectivity index (χ1) is 7.97. The molecule has 9 N–H and O–H groups in total. The SMILES string of the molecule is O=P(O)(O)C(=NC(P(=O)(O)O)P(=O)(O)O)[P+](O)(O)O. The molecule has 0 unspecified atom stereocenters. The number of aliphatic imine (C=N–C) groups is 1. The summed E-state index contributed by atoms with van der Waals surface area (Å²) in [5.74, 6) is 0. The fourth-order valence-corrected chi connectivity index (χ4v) is 5.18. The molecule has 0 spiro atoms. The molecule has 19 heavy (non-hydrogen) atoms. The van der Waals surface area contributed by atoms with Gasteiger partial charge in [0.15, 0.2) is 0 Å². The molecule has 0 atom stereocenters. The van der Waals surface area contributed by atoms with Gasteiger partial charge in [-0.2, -0.15) is 14.7 Å². The van der Waals surface area contributed by atoms with Gasteiger partial charge in [0.2, 0.25) is 0 Å². The van der Waals surface area contributed by atoms with Gasteiger partial charge in [0.1, 0.15) is 0 Å². The molecular formula is C2H10NO12P4+. The molecule has 0 amide bonds. The Morgan fingerprint density at radius 2 is 1.16 bits per heavy atom. The highest BCUT2D eigenvalue weighted by Crippen LogP contribution is 2.65. The van der Waals surface area contributed by atoms with Crippen molar-refractivity contribution in [1.29, 1.82) is 0 Å². The molecule has 0 fully saturated rings. The molecule has 0 aromatic rings. The Hall–Kier alpha value is 0.430. The zero-order valence-corrected chi connectivity index (χ0v) is 12.1. The molecule has 0 rings (SSSR count). The normalized spacial score (nSPS) is 16.0. The second kappa shape index (κ2) is 5.67. The molecule has 0 radical (unpaired) electrons. The van der Waals surface area contributed by atoms with Crippen LogP contribution >= 0.6 is 30.7 Å². The van der Waals surface area contributed by atoms with Crippen molar-refractivity contribution in [2.75, 3.05) is 0 Å². The third-order valence-corrected chi connectivity index (χ3v) is 7.48. The van der Waals surface area contributed by atoms with Crippen molar-refractivity contribution in [2.24, 2.45) is 4.99 Å². The van der Waals surface area contributed by atoms with Crippen molar-refractivity contribution in [2.45, 2.75) is 5.52 Å². The van der Waals surface area contributed by atoms with Gasteiger partial charge < -0.3 is 29.4 Å². The van der Waals surface area contributed by atoms with E-state index in [2.05, 4.69) is 4.99 Å². The van der Waals surface area contributed by atoms with E-state index in [1.165, 1.54) is 0 Å². The first-order valence-corrected chi connectivity index (χ1v) is 10.4. The Morgan fingerprint density at radius 1 is 0.842 bits per heavy atom. The first-order valence-electron chi connectivity index (χ1n) is 3.79. The zero-order chi connectivity index (χ0) is 15.9. The summed E-state index contributed by atoms with van der Waals surface area (Å²) in [5.41, 5.74) is -3.28. The molecule has 0 aromatic heterocycles. The molecule has 0 aromatic carbocycles. The van der Waals surface area contributed by atoms with Crippen LogP contribution in [0.4, 0.5) is 0 Å². The molecule has 0 aliphatic rings. The van der Waals surface area contributed by atoms with Crippen LogP contribution in [0.25, 0.3) is 0 Å². The lowest BCUT2D eigenvalue weighted by atomic mass is 11.3. The van der Waals surface area contributed by atoms with Crippen LogP contribution in [0.1, 0.15) is 0 Å². The van der Waals surface area contributed by atoms with Crippen LogP contribution in [0.15, 0.2) is 4.99 Å². The summed E-state index contributed by atoms with van der Waals surface area (Å²) in [6, 6.07) is 0. The van der Waals surface area contributed by atoms with Gasteiger partial charge in [-0.05, 0) is 0 Å². The van der Waals surface area contributed by atoms with E-state index < -0.39 is 41.4 Å². The van der Waals surface area contributed by atoms with Gasteiger partial charge in [0.05, 0.1) is 0 Å². The van der Waals surface area contributed by atoms with E-state index in [0.29, 0.717) is 0 Å². The topological polar surface area (TPSA) is 246 Å². The number of hydrogen-bond acceptors (Lipinski definition) is 7. The van der Waals surface area contributed by atoms with E-state index in [9.17, 15) is 13.7 Å². The second-order valence-electron chi connectivity index (χ2n) is 3.07. The molecule has 0 bridgehead atoms. The lowest BCUT2D eigenvalue weighted by Gasteiger charge is -2.17. The van der Waals surface area contributed by atoms with Crippen LogP contribution < -0.4 is 0 Å². The minimum atomic E-state index is -5.73. The van der Waals surface area contributed by atoms with E-state index in [-0.39, 0.29) is 0 Å². The average Bonchev–Trinajstić information content (AvgIpc) is 1.91. The van der Waals surface area contributed by atoms with Crippen LogP contribution in [-0.4, -0.2) is 54.8 Å². The van der Waals surface area contributed by atoms with E-state index in [0.717, 1.165) is 0 Å². The Bertz CT molecular complexity index is 476. The highest BCUT2D eigenvalue weighted by Gasteiger charge is 2.55. The smallest absolute Gasteiger partial charge is 0.322 e.